The number of benzene rings is 3. The van der Waals surface area contributed by atoms with Crippen LogP contribution in [-0.4, -0.2) is 16.7 Å². The van der Waals surface area contributed by atoms with Crippen LogP contribution in [0, 0.1) is 5.82 Å². The van der Waals surface area contributed by atoms with E-state index < -0.39 is 17.5 Å². The summed E-state index contributed by atoms with van der Waals surface area (Å²) < 4.78 is 32.6. The smallest absolute Gasteiger partial charge is 0.412 e. The fourth-order valence-electron chi connectivity index (χ4n) is 4.02. The molecule has 0 saturated heterocycles. The average Bonchev–Trinajstić information content (AvgIpc) is 2.95. The molecule has 4 rings (SSSR count). The van der Waals surface area contributed by atoms with E-state index in [1.807, 2.05) is 73.7 Å². The summed E-state index contributed by atoms with van der Waals surface area (Å²) in [6.07, 6.45) is 0.950. The van der Waals surface area contributed by atoms with Crippen molar-refractivity contribution in [1.29, 1.82) is 0 Å². The van der Waals surface area contributed by atoms with Gasteiger partial charge < -0.3 is 19.5 Å². The molecule has 7 nitrogen and oxygen atoms in total. The third kappa shape index (κ3) is 9.05. The van der Waals surface area contributed by atoms with E-state index in [2.05, 4.69) is 15.6 Å². The van der Waals surface area contributed by atoms with Crippen LogP contribution in [0.3, 0.4) is 0 Å². The van der Waals surface area contributed by atoms with E-state index in [0.717, 1.165) is 11.1 Å². The van der Waals surface area contributed by atoms with E-state index in [-0.39, 0.29) is 18.3 Å². The highest BCUT2D eigenvalue weighted by atomic mass is 19.1. The lowest BCUT2D eigenvalue weighted by Crippen LogP contribution is -2.27. The highest BCUT2D eigenvalue weighted by molar-refractivity contribution is 5.85. The summed E-state index contributed by atoms with van der Waals surface area (Å²) >= 11 is 0. The molecular formula is C33H36FN3O4. The fourth-order valence-corrected chi connectivity index (χ4v) is 4.02. The SMILES string of the molecule is CC(NCc1cccc(NC(=O)OC(C)(C)C)c1F)c1ncc(OCc2ccccc2)cc1OCc1ccccc1. The number of amides is 1. The van der Waals surface area contributed by atoms with Crippen molar-refractivity contribution in [2.24, 2.45) is 0 Å². The Morgan fingerprint density at radius 3 is 2.17 bits per heavy atom. The lowest BCUT2D eigenvalue weighted by molar-refractivity contribution is 0.0635. The molecular weight excluding hydrogens is 521 g/mol. The Hall–Kier alpha value is -4.43. The third-order valence-corrected chi connectivity index (χ3v) is 6.07. The Balaban J connectivity index is 1.47. The predicted octanol–water partition coefficient (Wildman–Crippen LogP) is 7.58. The number of carbonyl (C=O) groups excluding carboxylic acids is 1. The van der Waals surface area contributed by atoms with Crippen molar-refractivity contribution < 1.29 is 23.4 Å². The van der Waals surface area contributed by atoms with Crippen LogP contribution in [-0.2, 0) is 24.5 Å². The highest BCUT2D eigenvalue weighted by Crippen LogP contribution is 2.29. The molecule has 1 amide bonds. The first-order chi connectivity index (χ1) is 19.7. The number of aromatic nitrogens is 1. The van der Waals surface area contributed by atoms with Crippen LogP contribution in [0.5, 0.6) is 11.5 Å². The summed E-state index contributed by atoms with van der Waals surface area (Å²) in [7, 11) is 0. The molecule has 1 heterocycles. The summed E-state index contributed by atoms with van der Waals surface area (Å²) in [5.74, 6) is 0.622. The molecule has 0 bridgehead atoms. The van der Waals surface area contributed by atoms with Gasteiger partial charge in [0.15, 0.2) is 5.82 Å². The van der Waals surface area contributed by atoms with Crippen LogP contribution in [0.2, 0.25) is 0 Å². The van der Waals surface area contributed by atoms with Crippen molar-refractivity contribution in [3.8, 4) is 11.5 Å². The standard InChI is InChI=1S/C33H36FN3O4/c1-23(35-19-26-16-11-17-28(30(26)34)37-32(38)41-33(2,3)4)31-29(40-22-25-14-9-6-10-15-25)18-27(20-36-31)39-21-24-12-7-5-8-13-24/h5-18,20,23,35H,19,21-22H2,1-4H3,(H,37,38). The predicted molar refractivity (Wildman–Crippen MR) is 157 cm³/mol. The molecule has 8 heteroatoms. The Morgan fingerprint density at radius 1 is 0.902 bits per heavy atom. The van der Waals surface area contributed by atoms with Crippen molar-refractivity contribution in [1.82, 2.24) is 10.3 Å². The van der Waals surface area contributed by atoms with Crippen LogP contribution in [0.15, 0.2) is 91.1 Å². The fraction of sp³-hybridized carbons (Fsp3) is 0.273. The van der Waals surface area contributed by atoms with Crippen molar-refractivity contribution >= 4 is 11.8 Å². The minimum Gasteiger partial charge on any atom is -0.487 e. The van der Waals surface area contributed by atoms with E-state index in [0.29, 0.717) is 36.0 Å². The van der Waals surface area contributed by atoms with Crippen LogP contribution in [0.1, 0.15) is 56.1 Å². The number of hydrogen-bond donors (Lipinski definition) is 2. The first-order valence-electron chi connectivity index (χ1n) is 13.5. The molecule has 0 spiro atoms. The van der Waals surface area contributed by atoms with E-state index >= 15 is 4.39 Å². The van der Waals surface area contributed by atoms with Crippen LogP contribution < -0.4 is 20.1 Å². The number of nitrogens with one attached hydrogen (secondary N) is 2. The Labute approximate surface area is 240 Å². The van der Waals surface area contributed by atoms with E-state index in [9.17, 15) is 4.79 Å². The van der Waals surface area contributed by atoms with Gasteiger partial charge in [-0.15, -0.1) is 0 Å². The first kappa shape index (κ1) is 29.6. The van der Waals surface area contributed by atoms with Gasteiger partial charge in [0.05, 0.1) is 23.6 Å². The zero-order valence-corrected chi connectivity index (χ0v) is 23.8. The molecule has 41 heavy (non-hydrogen) atoms. The van der Waals surface area contributed by atoms with Gasteiger partial charge in [-0.2, -0.15) is 0 Å². The second-order valence-corrected chi connectivity index (χ2v) is 10.6. The summed E-state index contributed by atoms with van der Waals surface area (Å²) in [4.78, 5) is 16.8. The lowest BCUT2D eigenvalue weighted by Gasteiger charge is -2.20. The van der Waals surface area contributed by atoms with Gasteiger partial charge in [-0.1, -0.05) is 72.8 Å². The van der Waals surface area contributed by atoms with Gasteiger partial charge in [0.1, 0.15) is 30.3 Å². The van der Waals surface area contributed by atoms with Crippen molar-refractivity contribution in [2.45, 2.75) is 59.1 Å². The number of carbonyl (C=O) groups is 1. The second-order valence-electron chi connectivity index (χ2n) is 10.6. The number of hydrogen-bond acceptors (Lipinski definition) is 6. The van der Waals surface area contributed by atoms with Gasteiger partial charge in [0, 0.05) is 18.2 Å². The normalized spacial score (nSPS) is 11.9. The summed E-state index contributed by atoms with van der Waals surface area (Å²) in [6.45, 7) is 8.14. The minimum atomic E-state index is -0.714. The van der Waals surface area contributed by atoms with E-state index in [1.165, 1.54) is 6.07 Å². The number of ether oxygens (including phenoxy) is 3. The molecule has 214 valence electrons. The topological polar surface area (TPSA) is 81.7 Å². The average molecular weight is 558 g/mol. The zero-order valence-electron chi connectivity index (χ0n) is 23.8. The molecule has 1 unspecified atom stereocenters. The van der Waals surface area contributed by atoms with Crippen LogP contribution in [0.25, 0.3) is 0 Å². The van der Waals surface area contributed by atoms with Gasteiger partial charge in [0.25, 0.3) is 0 Å². The number of rotatable bonds is 11. The lowest BCUT2D eigenvalue weighted by atomic mass is 10.1. The first-order valence-corrected chi connectivity index (χ1v) is 13.5. The van der Waals surface area contributed by atoms with Gasteiger partial charge in [-0.25, -0.2) is 9.18 Å². The number of anilines is 1. The van der Waals surface area contributed by atoms with E-state index in [1.54, 1.807) is 39.1 Å². The van der Waals surface area contributed by atoms with Crippen molar-refractivity contribution in [3.63, 3.8) is 0 Å². The highest BCUT2D eigenvalue weighted by Gasteiger charge is 2.20. The molecule has 1 aromatic heterocycles. The molecule has 0 radical (unpaired) electrons. The second kappa shape index (κ2) is 13.8. The maximum atomic E-state index is 15.2. The van der Waals surface area contributed by atoms with Gasteiger partial charge >= 0.3 is 6.09 Å². The summed E-state index contributed by atoms with van der Waals surface area (Å²) in [5, 5.41) is 5.81. The summed E-state index contributed by atoms with van der Waals surface area (Å²) in [5.41, 5.74) is 2.48. The minimum absolute atomic E-state index is 0.0520. The Kier molecular flexibility index (Phi) is 9.92. The van der Waals surface area contributed by atoms with Gasteiger partial charge in [-0.3, -0.25) is 10.3 Å². The number of halogens is 1. The van der Waals surface area contributed by atoms with Crippen LogP contribution in [0.4, 0.5) is 14.9 Å². The maximum absolute atomic E-state index is 15.2. The Bertz CT molecular complexity index is 1430. The van der Waals surface area contributed by atoms with Gasteiger partial charge in [-0.05, 0) is 44.9 Å². The molecule has 3 aromatic carbocycles. The van der Waals surface area contributed by atoms with Crippen LogP contribution >= 0.6 is 0 Å². The van der Waals surface area contributed by atoms with Crippen molar-refractivity contribution in [3.05, 3.63) is 119 Å². The monoisotopic (exact) mass is 557 g/mol. The molecule has 0 aliphatic carbocycles. The summed E-state index contributed by atoms with van der Waals surface area (Å²) in [6, 6.07) is 26.1. The quantitative estimate of drug-likeness (QED) is 0.198. The molecule has 0 saturated carbocycles. The number of nitrogens with zero attached hydrogens (tertiary/aromatic N) is 1. The molecule has 0 aliphatic rings. The molecule has 0 aliphatic heterocycles. The van der Waals surface area contributed by atoms with E-state index in [4.69, 9.17) is 14.2 Å². The molecule has 1 atom stereocenters. The van der Waals surface area contributed by atoms with Gasteiger partial charge in [0.2, 0.25) is 0 Å². The maximum Gasteiger partial charge on any atom is 0.412 e. The number of pyridine rings is 1. The molecule has 0 fully saturated rings. The molecule has 4 aromatic rings. The largest absolute Gasteiger partial charge is 0.487 e. The Morgan fingerprint density at radius 2 is 1.54 bits per heavy atom. The molecule has 2 N–H and O–H groups in total. The van der Waals surface area contributed by atoms with Crippen molar-refractivity contribution in [2.75, 3.05) is 5.32 Å². The third-order valence-electron chi connectivity index (χ3n) is 6.07. The zero-order chi connectivity index (χ0) is 29.2.